The summed E-state index contributed by atoms with van der Waals surface area (Å²) in [6.07, 6.45) is 4.94. The summed E-state index contributed by atoms with van der Waals surface area (Å²) >= 11 is 0. The van der Waals surface area contributed by atoms with Gasteiger partial charge in [0.05, 0.1) is 6.42 Å². The summed E-state index contributed by atoms with van der Waals surface area (Å²) in [6, 6.07) is 6.17. The van der Waals surface area contributed by atoms with Crippen LogP contribution in [0.2, 0.25) is 0 Å². The quantitative estimate of drug-likeness (QED) is 0.751. The lowest BCUT2D eigenvalue weighted by molar-refractivity contribution is -0.117. The van der Waals surface area contributed by atoms with Crippen molar-refractivity contribution in [1.29, 1.82) is 0 Å². The molecule has 0 saturated heterocycles. The zero-order valence-corrected chi connectivity index (χ0v) is 10.8. The lowest BCUT2D eigenvalue weighted by Gasteiger charge is -2.10. The molecular weight excluding hydrogens is 236 g/mol. The van der Waals surface area contributed by atoms with E-state index in [-0.39, 0.29) is 12.3 Å². The Morgan fingerprint density at radius 2 is 2.16 bits per heavy atom. The van der Waals surface area contributed by atoms with Crippen LogP contribution in [0.25, 0.3) is 10.9 Å². The van der Waals surface area contributed by atoms with Gasteiger partial charge in [-0.2, -0.15) is 0 Å². The number of benzene rings is 1. The maximum Gasteiger partial charge on any atom is 0.229 e. The lowest BCUT2D eigenvalue weighted by Crippen LogP contribution is -2.08. The lowest BCUT2D eigenvalue weighted by atomic mass is 9.95. The number of H-pyrrole nitrogens is 1. The fourth-order valence-corrected chi connectivity index (χ4v) is 2.72. The van der Waals surface area contributed by atoms with E-state index in [9.17, 15) is 4.79 Å². The van der Waals surface area contributed by atoms with Gasteiger partial charge in [-0.1, -0.05) is 11.8 Å². The second-order valence-electron chi connectivity index (χ2n) is 4.99. The number of aromatic amines is 1. The highest BCUT2D eigenvalue weighted by Crippen LogP contribution is 2.29. The molecule has 0 atom stereocenters. The van der Waals surface area contributed by atoms with E-state index in [1.54, 1.807) is 0 Å². The van der Waals surface area contributed by atoms with Crippen LogP contribution in [-0.4, -0.2) is 10.9 Å². The monoisotopic (exact) mass is 252 g/mol. The first kappa shape index (κ1) is 11.9. The SMILES string of the molecule is NC(=O)CC#Cc1ccc2[nH]c3c(c2c1)CCCC3. The van der Waals surface area contributed by atoms with Crippen LogP contribution in [0.3, 0.4) is 0 Å². The van der Waals surface area contributed by atoms with Crippen LogP contribution >= 0.6 is 0 Å². The molecule has 1 aliphatic carbocycles. The molecule has 3 rings (SSSR count). The van der Waals surface area contributed by atoms with Gasteiger partial charge in [-0.25, -0.2) is 0 Å². The van der Waals surface area contributed by atoms with Crippen molar-refractivity contribution < 1.29 is 4.79 Å². The minimum Gasteiger partial charge on any atom is -0.369 e. The molecule has 3 N–H and O–H groups in total. The number of aromatic nitrogens is 1. The van der Waals surface area contributed by atoms with Gasteiger partial charge in [0.25, 0.3) is 0 Å². The van der Waals surface area contributed by atoms with E-state index in [4.69, 9.17) is 5.73 Å². The zero-order valence-electron chi connectivity index (χ0n) is 10.8. The summed E-state index contributed by atoms with van der Waals surface area (Å²) in [5.41, 5.74) is 10.0. The van der Waals surface area contributed by atoms with Gasteiger partial charge in [-0.3, -0.25) is 4.79 Å². The molecular formula is C16H16N2O. The van der Waals surface area contributed by atoms with E-state index in [0.717, 1.165) is 18.4 Å². The van der Waals surface area contributed by atoms with Gasteiger partial charge in [0.1, 0.15) is 0 Å². The number of nitrogens with two attached hydrogens (primary N) is 1. The highest BCUT2D eigenvalue weighted by molar-refractivity contribution is 5.86. The highest BCUT2D eigenvalue weighted by Gasteiger charge is 2.14. The summed E-state index contributed by atoms with van der Waals surface area (Å²) in [6.45, 7) is 0. The Labute approximate surface area is 112 Å². The molecule has 3 heteroatoms. The van der Waals surface area contributed by atoms with E-state index >= 15 is 0 Å². The molecule has 0 bridgehead atoms. The third-order valence-corrected chi connectivity index (χ3v) is 3.59. The molecule has 2 aromatic rings. The van der Waals surface area contributed by atoms with Crippen molar-refractivity contribution >= 4 is 16.8 Å². The number of rotatable bonds is 1. The maximum absolute atomic E-state index is 10.7. The van der Waals surface area contributed by atoms with Crippen LogP contribution in [0, 0.1) is 11.8 Å². The van der Waals surface area contributed by atoms with Crippen molar-refractivity contribution in [3.63, 3.8) is 0 Å². The number of carbonyl (C=O) groups is 1. The molecule has 1 amide bonds. The second-order valence-corrected chi connectivity index (χ2v) is 4.99. The van der Waals surface area contributed by atoms with Crippen molar-refractivity contribution in [3.8, 4) is 11.8 Å². The van der Waals surface area contributed by atoms with Crippen LogP contribution in [0.4, 0.5) is 0 Å². The van der Waals surface area contributed by atoms with Gasteiger partial charge >= 0.3 is 0 Å². The molecule has 1 aliphatic rings. The first-order valence-electron chi connectivity index (χ1n) is 6.65. The molecule has 0 fully saturated rings. The van der Waals surface area contributed by atoms with E-state index in [1.165, 1.54) is 35.0 Å². The average Bonchev–Trinajstić information content (AvgIpc) is 2.76. The first-order chi connectivity index (χ1) is 9.24. The molecule has 1 aromatic carbocycles. The third kappa shape index (κ3) is 2.34. The van der Waals surface area contributed by atoms with Gasteiger partial charge in [0, 0.05) is 22.2 Å². The predicted molar refractivity (Wildman–Crippen MR) is 75.6 cm³/mol. The van der Waals surface area contributed by atoms with Crippen molar-refractivity contribution in [2.75, 3.05) is 0 Å². The number of hydrogen-bond acceptors (Lipinski definition) is 1. The highest BCUT2D eigenvalue weighted by atomic mass is 16.1. The molecule has 0 unspecified atom stereocenters. The van der Waals surface area contributed by atoms with E-state index in [2.05, 4.69) is 29.0 Å². The summed E-state index contributed by atoms with van der Waals surface area (Å²) in [4.78, 5) is 14.2. The predicted octanol–water partition coefficient (Wildman–Crippen LogP) is 2.27. The summed E-state index contributed by atoms with van der Waals surface area (Å²) in [5, 5.41) is 1.28. The fraction of sp³-hybridized carbons (Fsp3) is 0.312. The summed E-state index contributed by atoms with van der Waals surface area (Å²) in [7, 11) is 0. The minimum absolute atomic E-state index is 0.114. The molecule has 0 radical (unpaired) electrons. The van der Waals surface area contributed by atoms with Gasteiger partial charge in [-0.15, -0.1) is 0 Å². The van der Waals surface area contributed by atoms with Gasteiger partial charge < -0.3 is 10.7 Å². The molecule has 0 aliphatic heterocycles. The van der Waals surface area contributed by atoms with E-state index in [0.29, 0.717) is 0 Å². The topological polar surface area (TPSA) is 58.9 Å². The number of nitrogens with one attached hydrogen (secondary N) is 1. The minimum atomic E-state index is -0.382. The number of primary amides is 1. The van der Waals surface area contributed by atoms with Crippen LogP contribution in [0.15, 0.2) is 18.2 Å². The van der Waals surface area contributed by atoms with Gasteiger partial charge in [0.15, 0.2) is 0 Å². The van der Waals surface area contributed by atoms with Crippen LogP contribution < -0.4 is 5.73 Å². The van der Waals surface area contributed by atoms with Crippen LogP contribution in [0.5, 0.6) is 0 Å². The molecule has 3 nitrogen and oxygen atoms in total. The number of hydrogen-bond donors (Lipinski definition) is 2. The standard InChI is InChI=1S/C16H16N2O/c17-16(19)7-3-4-11-8-9-15-13(10-11)12-5-1-2-6-14(12)18-15/h8-10,18H,1-2,5-7H2,(H2,17,19). The Hall–Kier alpha value is -2.21. The molecule has 1 heterocycles. The van der Waals surface area contributed by atoms with Crippen LogP contribution in [-0.2, 0) is 17.6 Å². The fourth-order valence-electron chi connectivity index (χ4n) is 2.72. The summed E-state index contributed by atoms with van der Waals surface area (Å²) in [5.74, 6) is 5.42. The van der Waals surface area contributed by atoms with E-state index < -0.39 is 0 Å². The molecule has 0 saturated carbocycles. The Kier molecular flexibility index (Phi) is 3.00. The van der Waals surface area contributed by atoms with Crippen molar-refractivity contribution in [2.45, 2.75) is 32.1 Å². The number of carbonyl (C=O) groups excluding carboxylic acids is 1. The Morgan fingerprint density at radius 3 is 3.00 bits per heavy atom. The molecule has 0 spiro atoms. The molecule has 19 heavy (non-hydrogen) atoms. The Morgan fingerprint density at radius 1 is 1.32 bits per heavy atom. The maximum atomic E-state index is 10.7. The average molecular weight is 252 g/mol. The van der Waals surface area contributed by atoms with E-state index in [1.807, 2.05) is 6.07 Å². The molecule has 96 valence electrons. The summed E-state index contributed by atoms with van der Waals surface area (Å²) < 4.78 is 0. The van der Waals surface area contributed by atoms with Crippen molar-refractivity contribution in [2.24, 2.45) is 5.73 Å². The number of aryl methyl sites for hydroxylation is 2. The van der Waals surface area contributed by atoms with Crippen molar-refractivity contribution in [1.82, 2.24) is 4.98 Å². The Bertz CT molecular complexity index is 701. The van der Waals surface area contributed by atoms with Crippen LogP contribution in [0.1, 0.15) is 36.1 Å². The normalized spacial score (nSPS) is 13.7. The van der Waals surface area contributed by atoms with Crippen molar-refractivity contribution in [3.05, 3.63) is 35.0 Å². The van der Waals surface area contributed by atoms with Gasteiger partial charge in [-0.05, 0) is 49.4 Å². The first-order valence-corrected chi connectivity index (χ1v) is 6.65. The second kappa shape index (κ2) is 4.81. The zero-order chi connectivity index (χ0) is 13.2. The number of amides is 1. The smallest absolute Gasteiger partial charge is 0.229 e. The largest absolute Gasteiger partial charge is 0.369 e. The van der Waals surface area contributed by atoms with Gasteiger partial charge in [0.2, 0.25) is 5.91 Å². The molecule has 1 aromatic heterocycles. The Balaban J connectivity index is 1.99. The third-order valence-electron chi connectivity index (χ3n) is 3.59. The number of fused-ring (bicyclic) bond motifs is 3.